The van der Waals surface area contributed by atoms with Crippen LogP contribution in [0.2, 0.25) is 0 Å². The SMILES string of the molecule is C=COC(=O)C(CCCCCC(=O)O)OC(=O)C=C. The summed E-state index contributed by atoms with van der Waals surface area (Å²) in [4.78, 5) is 32.8. The molecule has 0 rings (SSSR count). The second-order valence-electron chi connectivity index (χ2n) is 3.73. The molecule has 106 valence electrons. The van der Waals surface area contributed by atoms with E-state index in [1.807, 2.05) is 0 Å². The van der Waals surface area contributed by atoms with E-state index in [0.29, 0.717) is 19.3 Å². The number of rotatable bonds is 10. The van der Waals surface area contributed by atoms with Crippen LogP contribution in [-0.4, -0.2) is 29.1 Å². The molecule has 0 aromatic heterocycles. The molecule has 6 heteroatoms. The molecular formula is C13H18O6. The molecule has 0 amide bonds. The minimum atomic E-state index is -1.02. The van der Waals surface area contributed by atoms with Gasteiger partial charge in [0.2, 0.25) is 0 Å². The highest BCUT2D eigenvalue weighted by molar-refractivity contribution is 5.85. The second-order valence-corrected chi connectivity index (χ2v) is 3.73. The van der Waals surface area contributed by atoms with Gasteiger partial charge in [-0.05, 0) is 19.3 Å². The first-order chi connectivity index (χ1) is 9.01. The van der Waals surface area contributed by atoms with Crippen molar-refractivity contribution in [2.45, 2.75) is 38.2 Å². The monoisotopic (exact) mass is 270 g/mol. The highest BCUT2D eigenvalue weighted by Crippen LogP contribution is 2.11. The van der Waals surface area contributed by atoms with Crippen LogP contribution in [0.15, 0.2) is 25.5 Å². The summed E-state index contributed by atoms with van der Waals surface area (Å²) in [5, 5.41) is 8.47. The Bertz CT molecular complexity index is 347. The van der Waals surface area contributed by atoms with Crippen molar-refractivity contribution in [2.75, 3.05) is 0 Å². The van der Waals surface area contributed by atoms with Crippen LogP contribution in [0, 0.1) is 0 Å². The fourth-order valence-corrected chi connectivity index (χ4v) is 1.35. The molecule has 0 radical (unpaired) electrons. The van der Waals surface area contributed by atoms with Crippen LogP contribution < -0.4 is 0 Å². The molecule has 19 heavy (non-hydrogen) atoms. The minimum absolute atomic E-state index is 0.0776. The summed E-state index contributed by atoms with van der Waals surface area (Å²) in [6.07, 6.45) is 2.92. The van der Waals surface area contributed by atoms with Crippen LogP contribution in [-0.2, 0) is 23.9 Å². The molecule has 0 aliphatic carbocycles. The first kappa shape index (κ1) is 16.9. The molecule has 0 saturated heterocycles. The summed E-state index contributed by atoms with van der Waals surface area (Å²) >= 11 is 0. The fraction of sp³-hybridized carbons (Fsp3) is 0.462. The van der Waals surface area contributed by atoms with Crippen LogP contribution in [0.3, 0.4) is 0 Å². The van der Waals surface area contributed by atoms with E-state index in [-0.39, 0.29) is 12.8 Å². The highest BCUT2D eigenvalue weighted by Gasteiger charge is 2.22. The van der Waals surface area contributed by atoms with Gasteiger partial charge < -0.3 is 14.6 Å². The lowest BCUT2D eigenvalue weighted by Gasteiger charge is -2.14. The quantitative estimate of drug-likeness (QED) is 0.282. The van der Waals surface area contributed by atoms with Gasteiger partial charge in [-0.15, -0.1) is 0 Å². The zero-order valence-electron chi connectivity index (χ0n) is 10.7. The van der Waals surface area contributed by atoms with E-state index in [1.54, 1.807) is 0 Å². The Balaban J connectivity index is 4.14. The van der Waals surface area contributed by atoms with Gasteiger partial charge in [-0.25, -0.2) is 9.59 Å². The van der Waals surface area contributed by atoms with Crippen molar-refractivity contribution < 1.29 is 29.0 Å². The van der Waals surface area contributed by atoms with Gasteiger partial charge in [0.15, 0.2) is 6.10 Å². The van der Waals surface area contributed by atoms with Gasteiger partial charge in [0.05, 0.1) is 6.26 Å². The van der Waals surface area contributed by atoms with Crippen molar-refractivity contribution in [1.82, 2.24) is 0 Å². The lowest BCUT2D eigenvalue weighted by Crippen LogP contribution is -2.27. The van der Waals surface area contributed by atoms with Crippen LogP contribution in [0.5, 0.6) is 0 Å². The van der Waals surface area contributed by atoms with Crippen LogP contribution in [0.1, 0.15) is 32.1 Å². The third kappa shape index (κ3) is 8.59. The van der Waals surface area contributed by atoms with Crippen molar-refractivity contribution in [3.8, 4) is 0 Å². The number of carboxylic acid groups (broad SMARTS) is 1. The Hall–Kier alpha value is -2.11. The number of aliphatic carboxylic acids is 1. The van der Waals surface area contributed by atoms with E-state index in [2.05, 4.69) is 17.9 Å². The zero-order chi connectivity index (χ0) is 14.7. The summed E-state index contributed by atoms with van der Waals surface area (Å²) in [6.45, 7) is 6.48. The normalized spacial score (nSPS) is 11.2. The molecule has 0 fully saturated rings. The Morgan fingerprint density at radius 3 is 2.37 bits per heavy atom. The molecule has 0 heterocycles. The Morgan fingerprint density at radius 1 is 1.16 bits per heavy atom. The van der Waals surface area contributed by atoms with E-state index in [9.17, 15) is 14.4 Å². The maximum Gasteiger partial charge on any atom is 0.352 e. The summed E-state index contributed by atoms with van der Waals surface area (Å²) < 4.78 is 9.41. The molecule has 1 N–H and O–H groups in total. The summed E-state index contributed by atoms with van der Waals surface area (Å²) in [5.41, 5.74) is 0. The molecule has 0 spiro atoms. The minimum Gasteiger partial charge on any atom is -0.481 e. The Kier molecular flexibility index (Phi) is 8.78. The van der Waals surface area contributed by atoms with Crippen LogP contribution >= 0.6 is 0 Å². The number of carbonyl (C=O) groups is 3. The summed E-state index contributed by atoms with van der Waals surface area (Å²) in [6, 6.07) is 0. The molecule has 0 aliphatic rings. The van der Waals surface area contributed by atoms with Gasteiger partial charge in [-0.1, -0.05) is 19.6 Å². The zero-order valence-corrected chi connectivity index (χ0v) is 10.7. The number of unbranched alkanes of at least 4 members (excludes halogenated alkanes) is 2. The van der Waals surface area contributed by atoms with Gasteiger partial charge in [0.1, 0.15) is 0 Å². The van der Waals surface area contributed by atoms with Crippen LogP contribution in [0.4, 0.5) is 0 Å². The molecule has 0 aromatic carbocycles. The lowest BCUT2D eigenvalue weighted by molar-refractivity contribution is -0.161. The first-order valence-corrected chi connectivity index (χ1v) is 5.87. The Labute approximate surface area is 111 Å². The van der Waals surface area contributed by atoms with Crippen molar-refractivity contribution in [2.24, 2.45) is 0 Å². The van der Waals surface area contributed by atoms with E-state index in [1.165, 1.54) is 0 Å². The predicted molar refractivity (Wildman–Crippen MR) is 67.1 cm³/mol. The van der Waals surface area contributed by atoms with Crippen LogP contribution in [0.25, 0.3) is 0 Å². The molecule has 0 bridgehead atoms. The smallest absolute Gasteiger partial charge is 0.352 e. The second kappa shape index (κ2) is 9.87. The molecule has 6 nitrogen and oxygen atoms in total. The number of carbonyl (C=O) groups excluding carboxylic acids is 2. The number of carboxylic acids is 1. The average molecular weight is 270 g/mol. The predicted octanol–water partition coefficient (Wildman–Crippen LogP) is 1.81. The highest BCUT2D eigenvalue weighted by atomic mass is 16.6. The van der Waals surface area contributed by atoms with E-state index in [4.69, 9.17) is 9.84 Å². The van der Waals surface area contributed by atoms with Gasteiger partial charge in [-0.2, -0.15) is 0 Å². The number of hydrogen-bond acceptors (Lipinski definition) is 5. The maximum absolute atomic E-state index is 11.5. The molecule has 0 saturated carbocycles. The van der Waals surface area contributed by atoms with Gasteiger partial charge in [-0.3, -0.25) is 4.79 Å². The number of esters is 2. The number of hydrogen-bond donors (Lipinski definition) is 1. The van der Waals surface area contributed by atoms with E-state index < -0.39 is 24.0 Å². The van der Waals surface area contributed by atoms with E-state index >= 15 is 0 Å². The van der Waals surface area contributed by atoms with Crippen molar-refractivity contribution in [3.05, 3.63) is 25.5 Å². The van der Waals surface area contributed by atoms with Crippen molar-refractivity contribution >= 4 is 17.9 Å². The average Bonchev–Trinajstić information content (AvgIpc) is 2.36. The number of ether oxygens (including phenoxy) is 2. The topological polar surface area (TPSA) is 89.9 Å². The van der Waals surface area contributed by atoms with Gasteiger partial charge in [0, 0.05) is 12.5 Å². The van der Waals surface area contributed by atoms with Gasteiger partial charge in [0.25, 0.3) is 0 Å². The molecule has 1 atom stereocenters. The summed E-state index contributed by atoms with van der Waals surface area (Å²) in [5.74, 6) is -2.28. The lowest BCUT2D eigenvalue weighted by atomic mass is 10.1. The summed E-state index contributed by atoms with van der Waals surface area (Å²) in [7, 11) is 0. The van der Waals surface area contributed by atoms with Crippen molar-refractivity contribution in [1.29, 1.82) is 0 Å². The first-order valence-electron chi connectivity index (χ1n) is 5.87. The third-order valence-corrected chi connectivity index (χ3v) is 2.24. The third-order valence-electron chi connectivity index (χ3n) is 2.24. The van der Waals surface area contributed by atoms with Crippen molar-refractivity contribution in [3.63, 3.8) is 0 Å². The maximum atomic E-state index is 11.5. The fourth-order valence-electron chi connectivity index (χ4n) is 1.35. The van der Waals surface area contributed by atoms with Gasteiger partial charge >= 0.3 is 17.9 Å². The van der Waals surface area contributed by atoms with E-state index in [0.717, 1.165) is 12.3 Å². The molecule has 1 unspecified atom stereocenters. The standard InChI is InChI=1S/C13H18O6/c1-3-12(16)19-10(13(17)18-4-2)8-6-5-7-9-11(14)15/h3-4,10H,1-2,5-9H2,(H,14,15). The molecular weight excluding hydrogens is 252 g/mol. The Morgan fingerprint density at radius 2 is 1.84 bits per heavy atom. The largest absolute Gasteiger partial charge is 0.481 e. The molecule has 0 aromatic rings. The molecule has 0 aliphatic heterocycles.